The Morgan fingerprint density at radius 1 is 1.09 bits per heavy atom. The summed E-state index contributed by atoms with van der Waals surface area (Å²) >= 11 is 5.89. The fourth-order valence-corrected chi connectivity index (χ4v) is 5.65. The first-order valence-electron chi connectivity index (χ1n) is 12.5. The minimum atomic E-state index is 0.0134. The summed E-state index contributed by atoms with van der Waals surface area (Å²) in [5, 5.41) is 4.41. The molecule has 2 saturated heterocycles. The molecule has 3 aromatic heterocycles. The van der Waals surface area contributed by atoms with Crippen molar-refractivity contribution in [1.82, 2.24) is 29.7 Å². The van der Waals surface area contributed by atoms with Crippen molar-refractivity contribution < 1.29 is 4.74 Å². The number of morpholine rings is 1. The third kappa shape index (κ3) is 5.24. The highest BCUT2D eigenvalue weighted by Crippen LogP contribution is 2.41. The summed E-state index contributed by atoms with van der Waals surface area (Å²) in [6, 6.07) is 12.7. The standard InChI is InChI=1S/C27H34N6OS/c1-20-17-23(21(2)33(20)19-22-7-5-9-28-18-22)26-25(24-8-3-4-10-29-24)30-27(35)32(26)12-6-11-31-13-15-34-16-14-31/h3-5,7-10,17-18,25-26H,6,11-16,19H2,1-2H3,(H,30,35)/t25-,26+/m1/s1. The summed E-state index contributed by atoms with van der Waals surface area (Å²) in [5.74, 6) is 0. The van der Waals surface area contributed by atoms with Gasteiger partial charge in [0, 0.05) is 62.7 Å². The van der Waals surface area contributed by atoms with Crippen LogP contribution in [0.1, 0.15) is 46.7 Å². The minimum Gasteiger partial charge on any atom is -0.379 e. The smallest absolute Gasteiger partial charge is 0.170 e. The van der Waals surface area contributed by atoms with Crippen LogP contribution in [0, 0.1) is 13.8 Å². The highest BCUT2D eigenvalue weighted by Gasteiger charge is 2.41. The average Bonchev–Trinajstić information content (AvgIpc) is 3.36. The molecule has 0 radical (unpaired) electrons. The number of pyridine rings is 2. The van der Waals surface area contributed by atoms with Crippen molar-refractivity contribution in [2.45, 2.75) is 38.9 Å². The third-order valence-corrected chi connectivity index (χ3v) is 7.52. The number of nitrogens with zero attached hydrogens (tertiary/aromatic N) is 5. The zero-order valence-electron chi connectivity index (χ0n) is 20.6. The van der Waals surface area contributed by atoms with E-state index in [4.69, 9.17) is 21.9 Å². The molecule has 0 unspecified atom stereocenters. The lowest BCUT2D eigenvalue weighted by Gasteiger charge is -2.30. The number of ether oxygens (including phenoxy) is 1. The van der Waals surface area contributed by atoms with Crippen molar-refractivity contribution in [2.75, 3.05) is 39.4 Å². The van der Waals surface area contributed by atoms with E-state index in [1.165, 1.54) is 22.5 Å². The lowest BCUT2D eigenvalue weighted by molar-refractivity contribution is 0.0365. The van der Waals surface area contributed by atoms with E-state index in [-0.39, 0.29) is 12.1 Å². The number of thiocarbonyl (C=S) groups is 1. The molecule has 0 spiro atoms. The van der Waals surface area contributed by atoms with Gasteiger partial charge in [0.1, 0.15) is 0 Å². The van der Waals surface area contributed by atoms with E-state index in [0.29, 0.717) is 0 Å². The molecule has 2 aliphatic rings. The van der Waals surface area contributed by atoms with E-state index in [0.717, 1.165) is 63.2 Å². The van der Waals surface area contributed by atoms with Crippen molar-refractivity contribution in [3.05, 3.63) is 83.2 Å². The fourth-order valence-electron chi connectivity index (χ4n) is 5.32. The van der Waals surface area contributed by atoms with E-state index < -0.39 is 0 Å². The molecule has 0 saturated carbocycles. The summed E-state index contributed by atoms with van der Waals surface area (Å²) in [6.07, 6.45) is 6.69. The van der Waals surface area contributed by atoms with Crippen LogP contribution in [0.3, 0.4) is 0 Å². The molecule has 2 aliphatic heterocycles. The Hall–Kier alpha value is -2.81. The topological polar surface area (TPSA) is 58.5 Å². The van der Waals surface area contributed by atoms with Gasteiger partial charge in [0.05, 0.1) is 31.0 Å². The van der Waals surface area contributed by atoms with Crippen molar-refractivity contribution in [1.29, 1.82) is 0 Å². The summed E-state index contributed by atoms with van der Waals surface area (Å²) in [7, 11) is 0. The fraction of sp³-hybridized carbons (Fsp3) is 0.444. The van der Waals surface area contributed by atoms with Crippen molar-refractivity contribution in [3.63, 3.8) is 0 Å². The van der Waals surface area contributed by atoms with Gasteiger partial charge in [-0.1, -0.05) is 12.1 Å². The second-order valence-electron chi connectivity index (χ2n) is 9.40. The zero-order valence-corrected chi connectivity index (χ0v) is 21.4. The Labute approximate surface area is 213 Å². The molecule has 0 aliphatic carbocycles. The van der Waals surface area contributed by atoms with E-state index in [9.17, 15) is 0 Å². The Morgan fingerprint density at radius 3 is 2.69 bits per heavy atom. The Bertz CT molecular complexity index is 1130. The number of aryl methyl sites for hydroxylation is 1. The maximum absolute atomic E-state index is 5.89. The van der Waals surface area contributed by atoms with Crippen LogP contribution in [0.4, 0.5) is 0 Å². The number of nitrogens with one attached hydrogen (secondary N) is 1. The summed E-state index contributed by atoms with van der Waals surface area (Å²) in [4.78, 5) is 13.9. The Balaban J connectivity index is 1.43. The number of rotatable bonds is 8. The van der Waals surface area contributed by atoms with Crippen LogP contribution in [0.5, 0.6) is 0 Å². The molecule has 7 nitrogen and oxygen atoms in total. The molecule has 0 aromatic carbocycles. The van der Waals surface area contributed by atoms with E-state index >= 15 is 0 Å². The van der Waals surface area contributed by atoms with Gasteiger partial charge < -0.3 is 19.5 Å². The van der Waals surface area contributed by atoms with Gasteiger partial charge in [0.2, 0.25) is 0 Å². The molecular formula is C27H34N6OS. The normalized spacial score (nSPS) is 20.9. The van der Waals surface area contributed by atoms with E-state index in [1.54, 1.807) is 0 Å². The lowest BCUT2D eigenvalue weighted by atomic mass is 9.96. The van der Waals surface area contributed by atoms with Gasteiger partial charge in [0.15, 0.2) is 5.11 Å². The zero-order chi connectivity index (χ0) is 24.2. The second-order valence-corrected chi connectivity index (χ2v) is 9.79. The van der Waals surface area contributed by atoms with Gasteiger partial charge in [0.25, 0.3) is 0 Å². The van der Waals surface area contributed by atoms with Crippen LogP contribution in [0.25, 0.3) is 0 Å². The van der Waals surface area contributed by atoms with E-state index in [1.807, 2.05) is 30.7 Å². The maximum Gasteiger partial charge on any atom is 0.170 e. The van der Waals surface area contributed by atoms with Crippen LogP contribution in [0.15, 0.2) is 55.0 Å². The Morgan fingerprint density at radius 2 is 1.94 bits per heavy atom. The largest absolute Gasteiger partial charge is 0.379 e. The first-order valence-corrected chi connectivity index (χ1v) is 12.9. The molecule has 2 atom stereocenters. The Kier molecular flexibility index (Phi) is 7.41. The number of hydrogen-bond acceptors (Lipinski definition) is 5. The SMILES string of the molecule is Cc1cc([C@H]2[C@@H](c3ccccn3)NC(=S)N2CCCN2CCOCC2)c(C)n1Cc1cccnc1. The third-order valence-electron chi connectivity index (χ3n) is 7.17. The monoisotopic (exact) mass is 490 g/mol. The number of hydrogen-bond donors (Lipinski definition) is 1. The van der Waals surface area contributed by atoms with Crippen LogP contribution >= 0.6 is 12.2 Å². The van der Waals surface area contributed by atoms with Crippen LogP contribution in [-0.4, -0.2) is 68.8 Å². The van der Waals surface area contributed by atoms with Gasteiger partial charge >= 0.3 is 0 Å². The summed E-state index contributed by atoms with van der Waals surface area (Å²) < 4.78 is 7.89. The minimum absolute atomic E-state index is 0.0134. The lowest BCUT2D eigenvalue weighted by Crippen LogP contribution is -2.39. The summed E-state index contributed by atoms with van der Waals surface area (Å²) in [5.41, 5.74) is 6.03. The first-order chi connectivity index (χ1) is 17.1. The van der Waals surface area contributed by atoms with Gasteiger partial charge in [-0.3, -0.25) is 14.9 Å². The predicted octanol–water partition coefficient (Wildman–Crippen LogP) is 3.64. The molecule has 0 amide bonds. The van der Waals surface area contributed by atoms with Crippen LogP contribution in [0.2, 0.25) is 0 Å². The average molecular weight is 491 g/mol. The van der Waals surface area contributed by atoms with Crippen LogP contribution < -0.4 is 5.32 Å². The highest BCUT2D eigenvalue weighted by atomic mass is 32.1. The first kappa shape index (κ1) is 23.9. The predicted molar refractivity (Wildman–Crippen MR) is 141 cm³/mol. The molecule has 35 heavy (non-hydrogen) atoms. The number of aromatic nitrogens is 3. The maximum atomic E-state index is 5.89. The highest BCUT2D eigenvalue weighted by molar-refractivity contribution is 7.80. The van der Waals surface area contributed by atoms with Gasteiger partial charge in [-0.05, 0) is 67.9 Å². The van der Waals surface area contributed by atoms with Crippen LogP contribution in [-0.2, 0) is 11.3 Å². The quantitative estimate of drug-likeness (QED) is 0.484. The second kappa shape index (κ2) is 10.8. The molecule has 5 rings (SSSR count). The molecule has 2 fully saturated rings. The molecule has 0 bridgehead atoms. The molecule has 3 aromatic rings. The molecular weight excluding hydrogens is 456 g/mol. The molecule has 184 valence electrons. The molecule has 1 N–H and O–H groups in total. The van der Waals surface area contributed by atoms with E-state index in [2.05, 4.69) is 62.8 Å². The molecule has 5 heterocycles. The van der Waals surface area contributed by atoms with Gasteiger partial charge in [-0.25, -0.2) is 0 Å². The van der Waals surface area contributed by atoms with Crippen molar-refractivity contribution in [2.24, 2.45) is 0 Å². The molecule has 8 heteroatoms. The van der Waals surface area contributed by atoms with Crippen molar-refractivity contribution >= 4 is 17.3 Å². The summed E-state index contributed by atoms with van der Waals surface area (Å²) in [6.45, 7) is 10.9. The van der Waals surface area contributed by atoms with Gasteiger partial charge in [-0.15, -0.1) is 0 Å². The van der Waals surface area contributed by atoms with Crippen molar-refractivity contribution in [3.8, 4) is 0 Å². The van der Waals surface area contributed by atoms with Gasteiger partial charge in [-0.2, -0.15) is 0 Å².